The van der Waals surface area contributed by atoms with Gasteiger partial charge in [0.2, 0.25) is 0 Å². The van der Waals surface area contributed by atoms with Gasteiger partial charge in [-0.1, -0.05) is 60.2 Å². The number of hydrogen-bond donors (Lipinski definition) is 1. The molecular formula is C22H26N4O. The fraction of sp³-hybridized carbons (Fsp3) is 0.364. The highest BCUT2D eigenvalue weighted by molar-refractivity contribution is 5.21. The Bertz CT molecular complexity index is 935. The predicted octanol–water partition coefficient (Wildman–Crippen LogP) is 2.92. The Kier molecular flexibility index (Phi) is 5.21. The van der Waals surface area contributed by atoms with Crippen molar-refractivity contribution < 1.29 is 0 Å². The van der Waals surface area contributed by atoms with Crippen molar-refractivity contribution in [2.24, 2.45) is 0 Å². The van der Waals surface area contributed by atoms with E-state index in [0.717, 1.165) is 42.9 Å². The van der Waals surface area contributed by atoms with Crippen LogP contribution in [-0.4, -0.2) is 27.4 Å². The summed E-state index contributed by atoms with van der Waals surface area (Å²) in [4.78, 5) is 13.2. The summed E-state index contributed by atoms with van der Waals surface area (Å²) in [6, 6.07) is 18.5. The largest absolute Gasteiger partial charge is 0.346 e. The number of nitrogens with one attached hydrogen (secondary N) is 1. The second kappa shape index (κ2) is 7.92. The van der Waals surface area contributed by atoms with Crippen LogP contribution in [0.4, 0.5) is 0 Å². The monoisotopic (exact) mass is 362 g/mol. The van der Waals surface area contributed by atoms with Crippen LogP contribution in [0.2, 0.25) is 0 Å². The number of rotatable bonds is 5. The molecule has 0 radical (unpaired) electrons. The van der Waals surface area contributed by atoms with Crippen molar-refractivity contribution in [3.8, 4) is 0 Å². The van der Waals surface area contributed by atoms with Gasteiger partial charge < -0.3 is 5.32 Å². The maximum absolute atomic E-state index is 13.2. The molecule has 2 heterocycles. The first-order chi connectivity index (χ1) is 13.2. The zero-order valence-corrected chi connectivity index (χ0v) is 15.8. The SMILES string of the molecule is Cc1ccc(Cn2nc(C3CCNCC3)n(Cc3ccccc3)c2=O)cc1. The van der Waals surface area contributed by atoms with Crippen LogP contribution in [0.3, 0.4) is 0 Å². The summed E-state index contributed by atoms with van der Waals surface area (Å²) >= 11 is 0. The van der Waals surface area contributed by atoms with E-state index in [1.165, 1.54) is 5.56 Å². The number of aryl methyl sites for hydroxylation is 1. The van der Waals surface area contributed by atoms with Crippen LogP contribution in [0.15, 0.2) is 59.4 Å². The highest BCUT2D eigenvalue weighted by atomic mass is 16.2. The van der Waals surface area contributed by atoms with Crippen LogP contribution in [0.5, 0.6) is 0 Å². The third kappa shape index (κ3) is 4.03. The van der Waals surface area contributed by atoms with Crippen LogP contribution in [0, 0.1) is 6.92 Å². The molecule has 0 amide bonds. The molecule has 140 valence electrons. The highest BCUT2D eigenvalue weighted by Crippen LogP contribution is 2.23. The van der Waals surface area contributed by atoms with Gasteiger partial charge >= 0.3 is 5.69 Å². The van der Waals surface area contributed by atoms with Crippen molar-refractivity contribution in [3.63, 3.8) is 0 Å². The Morgan fingerprint density at radius 3 is 2.33 bits per heavy atom. The Balaban J connectivity index is 1.69. The van der Waals surface area contributed by atoms with Gasteiger partial charge in [-0.3, -0.25) is 4.57 Å². The molecule has 3 aromatic rings. The molecular weight excluding hydrogens is 336 g/mol. The lowest BCUT2D eigenvalue weighted by molar-refractivity contribution is 0.430. The molecule has 1 aliphatic rings. The van der Waals surface area contributed by atoms with Gasteiger partial charge in [0.05, 0.1) is 13.1 Å². The number of benzene rings is 2. The zero-order valence-electron chi connectivity index (χ0n) is 15.8. The van der Waals surface area contributed by atoms with Crippen LogP contribution in [-0.2, 0) is 13.1 Å². The summed E-state index contributed by atoms with van der Waals surface area (Å²) in [5.74, 6) is 1.26. The lowest BCUT2D eigenvalue weighted by Gasteiger charge is -2.22. The van der Waals surface area contributed by atoms with E-state index >= 15 is 0 Å². The average Bonchev–Trinajstić information content (AvgIpc) is 3.01. The fourth-order valence-electron chi connectivity index (χ4n) is 3.72. The summed E-state index contributed by atoms with van der Waals surface area (Å²) < 4.78 is 3.50. The summed E-state index contributed by atoms with van der Waals surface area (Å²) in [6.07, 6.45) is 2.05. The standard InChI is InChI=1S/C22H26N4O/c1-17-7-9-19(10-8-17)16-26-22(27)25(15-18-5-3-2-4-6-18)21(24-26)20-11-13-23-14-12-20/h2-10,20,23H,11-16H2,1H3. The van der Waals surface area contributed by atoms with E-state index in [2.05, 4.69) is 48.6 Å². The number of aromatic nitrogens is 3. The third-order valence-electron chi connectivity index (χ3n) is 5.29. The van der Waals surface area contributed by atoms with Gasteiger partial charge in [-0.05, 0) is 44.0 Å². The third-order valence-corrected chi connectivity index (χ3v) is 5.29. The Morgan fingerprint density at radius 2 is 1.63 bits per heavy atom. The van der Waals surface area contributed by atoms with Gasteiger partial charge in [-0.2, -0.15) is 5.10 Å². The van der Waals surface area contributed by atoms with Crippen molar-refractivity contribution >= 4 is 0 Å². The lowest BCUT2D eigenvalue weighted by atomic mass is 9.97. The van der Waals surface area contributed by atoms with Gasteiger partial charge in [0.15, 0.2) is 0 Å². The van der Waals surface area contributed by atoms with Gasteiger partial charge in [0, 0.05) is 5.92 Å². The molecule has 5 heteroatoms. The molecule has 1 aliphatic heterocycles. The van der Waals surface area contributed by atoms with E-state index in [9.17, 15) is 4.79 Å². The van der Waals surface area contributed by atoms with Crippen LogP contribution >= 0.6 is 0 Å². The summed E-state index contributed by atoms with van der Waals surface area (Å²) in [5, 5.41) is 8.18. The van der Waals surface area contributed by atoms with E-state index < -0.39 is 0 Å². The second-order valence-electron chi connectivity index (χ2n) is 7.38. The topological polar surface area (TPSA) is 51.9 Å². The first-order valence-electron chi connectivity index (χ1n) is 9.68. The zero-order chi connectivity index (χ0) is 18.6. The van der Waals surface area contributed by atoms with Gasteiger partial charge in [0.25, 0.3) is 0 Å². The molecule has 0 atom stereocenters. The van der Waals surface area contributed by atoms with Gasteiger partial charge in [0.1, 0.15) is 5.82 Å². The molecule has 1 aromatic heterocycles. The molecule has 0 bridgehead atoms. The number of nitrogens with zero attached hydrogens (tertiary/aromatic N) is 3. The van der Waals surface area contributed by atoms with Crippen molar-refractivity contribution in [1.29, 1.82) is 0 Å². The molecule has 2 aromatic carbocycles. The van der Waals surface area contributed by atoms with Gasteiger partial charge in [-0.25, -0.2) is 9.48 Å². The molecule has 0 aliphatic carbocycles. The first-order valence-corrected chi connectivity index (χ1v) is 9.68. The van der Waals surface area contributed by atoms with Crippen LogP contribution in [0.1, 0.15) is 41.3 Å². The van der Waals surface area contributed by atoms with E-state index in [1.807, 2.05) is 22.8 Å². The minimum absolute atomic E-state index is 0.0204. The molecule has 27 heavy (non-hydrogen) atoms. The van der Waals surface area contributed by atoms with Crippen LogP contribution < -0.4 is 11.0 Å². The molecule has 1 fully saturated rings. The summed E-state index contributed by atoms with van der Waals surface area (Å²) in [7, 11) is 0. The van der Waals surface area contributed by atoms with E-state index in [0.29, 0.717) is 19.0 Å². The summed E-state index contributed by atoms with van der Waals surface area (Å²) in [6.45, 7) is 5.12. The normalized spacial score (nSPS) is 15.1. The van der Waals surface area contributed by atoms with Gasteiger partial charge in [-0.15, -0.1) is 0 Å². The molecule has 1 N–H and O–H groups in total. The summed E-state index contributed by atoms with van der Waals surface area (Å²) in [5.41, 5.74) is 3.43. The molecule has 0 spiro atoms. The predicted molar refractivity (Wildman–Crippen MR) is 107 cm³/mol. The minimum Gasteiger partial charge on any atom is -0.317 e. The average molecular weight is 362 g/mol. The van der Waals surface area contributed by atoms with Crippen molar-refractivity contribution in [2.75, 3.05) is 13.1 Å². The van der Waals surface area contributed by atoms with E-state index in [-0.39, 0.29) is 5.69 Å². The molecule has 4 rings (SSSR count). The van der Waals surface area contributed by atoms with Crippen molar-refractivity contribution in [2.45, 2.75) is 38.8 Å². The van der Waals surface area contributed by atoms with E-state index in [4.69, 9.17) is 5.10 Å². The lowest BCUT2D eigenvalue weighted by Crippen LogP contribution is -2.30. The minimum atomic E-state index is -0.0204. The smallest absolute Gasteiger partial charge is 0.317 e. The van der Waals surface area contributed by atoms with Crippen LogP contribution in [0.25, 0.3) is 0 Å². The molecule has 0 saturated carbocycles. The quantitative estimate of drug-likeness (QED) is 0.759. The maximum atomic E-state index is 13.2. The molecule has 5 nitrogen and oxygen atoms in total. The van der Waals surface area contributed by atoms with Crippen molar-refractivity contribution in [3.05, 3.63) is 87.6 Å². The Labute approximate surface area is 159 Å². The molecule has 1 saturated heterocycles. The maximum Gasteiger partial charge on any atom is 0.346 e. The molecule has 0 unspecified atom stereocenters. The fourth-order valence-corrected chi connectivity index (χ4v) is 3.72. The van der Waals surface area contributed by atoms with Crippen molar-refractivity contribution in [1.82, 2.24) is 19.7 Å². The van der Waals surface area contributed by atoms with E-state index in [1.54, 1.807) is 4.68 Å². The Morgan fingerprint density at radius 1 is 0.963 bits per heavy atom. The highest BCUT2D eigenvalue weighted by Gasteiger charge is 2.24. The second-order valence-corrected chi connectivity index (χ2v) is 7.38. The number of piperidine rings is 1. The number of hydrogen-bond acceptors (Lipinski definition) is 3. The Hall–Kier alpha value is -2.66. The first kappa shape index (κ1) is 17.7.